The highest BCUT2D eigenvalue weighted by Gasteiger charge is 2.47. The first kappa shape index (κ1) is 29.0. The fraction of sp³-hybridized carbons (Fsp3) is 0.208. The van der Waals surface area contributed by atoms with Gasteiger partial charge in [0, 0.05) is 19.3 Å². The number of halogens is 3. The number of rotatable bonds is 9. The van der Waals surface area contributed by atoms with Crippen LogP contribution in [0.3, 0.4) is 0 Å². The van der Waals surface area contributed by atoms with Crippen molar-refractivity contribution in [1.82, 2.24) is 14.6 Å². The summed E-state index contributed by atoms with van der Waals surface area (Å²) in [4.78, 5) is 30.8. The number of pyridine rings is 1. The van der Waals surface area contributed by atoms with Gasteiger partial charge in [-0.2, -0.15) is 26.3 Å². The van der Waals surface area contributed by atoms with Gasteiger partial charge in [-0.05, 0) is 54.4 Å². The first-order valence-corrected chi connectivity index (χ1v) is 14.5. The number of nitrogens with one attached hydrogen (secondary N) is 2. The fourth-order valence-electron chi connectivity index (χ4n) is 3.83. The Balaban J connectivity index is 1.47. The summed E-state index contributed by atoms with van der Waals surface area (Å²) in [6.07, 6.45) is 1.31. The van der Waals surface area contributed by atoms with Gasteiger partial charge in [-0.25, -0.2) is 23.1 Å². The lowest BCUT2D eigenvalue weighted by molar-refractivity contribution is -0.119. The van der Waals surface area contributed by atoms with Gasteiger partial charge in [0.15, 0.2) is 0 Å². The Morgan fingerprint density at radius 1 is 0.925 bits per heavy atom. The van der Waals surface area contributed by atoms with E-state index in [4.69, 9.17) is 0 Å². The molecule has 4 rings (SSSR count). The third kappa shape index (κ3) is 6.08. The molecule has 212 valence electrons. The van der Waals surface area contributed by atoms with Crippen molar-refractivity contribution in [3.05, 3.63) is 84.1 Å². The SMILES string of the molecule is CC1C(=O)N(c2ccc(S(=O)(=O)C(F)(F)F)cc2)C(=O)N1Cc1ccnc(NS(=O)(=O)NCc2ccccc2)c1. The lowest BCUT2D eigenvalue weighted by Gasteiger charge is -2.20. The standard InChI is InChI=1S/C24H22F3N5O6S2/c1-16-22(33)32(19-7-9-20(10-8-19)39(35,36)24(25,26)27)23(34)31(16)15-18-11-12-28-21(13-18)30-40(37,38)29-14-17-5-3-2-4-6-17/h2-13,16,29H,14-15H2,1H3,(H,28,30). The lowest BCUT2D eigenvalue weighted by atomic mass is 10.2. The van der Waals surface area contributed by atoms with E-state index < -0.39 is 48.4 Å². The summed E-state index contributed by atoms with van der Waals surface area (Å²) in [6, 6.07) is 13.1. The van der Waals surface area contributed by atoms with E-state index in [-0.39, 0.29) is 24.6 Å². The van der Waals surface area contributed by atoms with Crippen molar-refractivity contribution in [2.24, 2.45) is 0 Å². The topological polar surface area (TPSA) is 146 Å². The molecule has 1 fully saturated rings. The number of sulfone groups is 1. The van der Waals surface area contributed by atoms with E-state index in [2.05, 4.69) is 14.4 Å². The van der Waals surface area contributed by atoms with Crippen LogP contribution in [0, 0.1) is 0 Å². The molecule has 0 radical (unpaired) electrons. The summed E-state index contributed by atoms with van der Waals surface area (Å²) >= 11 is 0. The number of imide groups is 1. The van der Waals surface area contributed by atoms with Gasteiger partial charge in [0.05, 0.1) is 10.6 Å². The minimum atomic E-state index is -5.60. The van der Waals surface area contributed by atoms with Crippen LogP contribution >= 0.6 is 0 Å². The molecule has 11 nitrogen and oxygen atoms in total. The number of urea groups is 1. The van der Waals surface area contributed by atoms with Crippen molar-refractivity contribution in [1.29, 1.82) is 0 Å². The summed E-state index contributed by atoms with van der Waals surface area (Å²) in [6.45, 7) is 1.36. The van der Waals surface area contributed by atoms with E-state index in [1.807, 2.05) is 0 Å². The third-order valence-electron chi connectivity index (χ3n) is 5.92. The van der Waals surface area contributed by atoms with E-state index in [0.717, 1.165) is 22.6 Å². The van der Waals surface area contributed by atoms with Crippen LogP contribution in [0.25, 0.3) is 0 Å². The average molecular weight is 598 g/mol. The molecule has 0 aliphatic carbocycles. The fourth-order valence-corrected chi connectivity index (χ4v) is 5.41. The van der Waals surface area contributed by atoms with E-state index in [9.17, 15) is 39.6 Å². The van der Waals surface area contributed by atoms with Crippen LogP contribution in [0.2, 0.25) is 0 Å². The van der Waals surface area contributed by atoms with E-state index in [1.54, 1.807) is 30.3 Å². The minimum absolute atomic E-state index is 0.0384. The normalized spacial score (nSPS) is 16.4. The predicted molar refractivity (Wildman–Crippen MR) is 138 cm³/mol. The number of anilines is 2. The van der Waals surface area contributed by atoms with Gasteiger partial charge < -0.3 is 4.90 Å². The number of nitrogens with zero attached hydrogens (tertiary/aromatic N) is 3. The smallest absolute Gasteiger partial charge is 0.308 e. The molecule has 2 heterocycles. The average Bonchev–Trinajstić information content (AvgIpc) is 3.10. The molecule has 40 heavy (non-hydrogen) atoms. The number of alkyl halides is 3. The molecule has 1 saturated heterocycles. The van der Waals surface area contributed by atoms with Gasteiger partial charge in [0.1, 0.15) is 11.9 Å². The molecule has 1 atom stereocenters. The zero-order chi connectivity index (χ0) is 29.3. The van der Waals surface area contributed by atoms with Crippen LogP contribution in [0.1, 0.15) is 18.1 Å². The van der Waals surface area contributed by atoms with Crippen molar-refractivity contribution in [2.75, 3.05) is 9.62 Å². The third-order valence-corrected chi connectivity index (χ3v) is 8.42. The minimum Gasteiger partial charge on any atom is -0.308 e. The van der Waals surface area contributed by atoms with Gasteiger partial charge in [-0.1, -0.05) is 30.3 Å². The summed E-state index contributed by atoms with van der Waals surface area (Å²) in [7, 11) is -9.59. The molecule has 0 saturated carbocycles. The Labute approximate surface area is 227 Å². The summed E-state index contributed by atoms with van der Waals surface area (Å²) in [5.74, 6) is -0.724. The molecule has 1 unspecified atom stereocenters. The molecule has 1 aliphatic rings. The summed E-state index contributed by atoms with van der Waals surface area (Å²) in [5, 5.41) is 0. The van der Waals surface area contributed by atoms with E-state index in [1.165, 1.54) is 30.2 Å². The number of benzene rings is 2. The van der Waals surface area contributed by atoms with Gasteiger partial charge in [-0.15, -0.1) is 0 Å². The molecule has 2 aromatic carbocycles. The van der Waals surface area contributed by atoms with Crippen LogP contribution in [-0.2, 0) is 37.9 Å². The predicted octanol–water partition coefficient (Wildman–Crippen LogP) is 3.18. The van der Waals surface area contributed by atoms with Crippen molar-refractivity contribution in [3.63, 3.8) is 0 Å². The van der Waals surface area contributed by atoms with Gasteiger partial charge in [-0.3, -0.25) is 9.52 Å². The van der Waals surface area contributed by atoms with Crippen LogP contribution in [0.15, 0.2) is 77.8 Å². The summed E-state index contributed by atoms with van der Waals surface area (Å²) in [5.41, 5.74) is -4.45. The quantitative estimate of drug-likeness (QED) is 0.360. The van der Waals surface area contributed by atoms with E-state index >= 15 is 0 Å². The van der Waals surface area contributed by atoms with Crippen molar-refractivity contribution in [2.45, 2.75) is 36.5 Å². The number of carbonyl (C=O) groups excluding carboxylic acids is 2. The molecule has 3 amide bonds. The second kappa shape index (κ2) is 10.9. The van der Waals surface area contributed by atoms with Gasteiger partial charge >= 0.3 is 21.7 Å². The maximum Gasteiger partial charge on any atom is 0.501 e. The zero-order valence-corrected chi connectivity index (χ0v) is 22.3. The molecular formula is C24H22F3N5O6S2. The first-order valence-electron chi connectivity index (χ1n) is 11.5. The lowest BCUT2D eigenvalue weighted by Crippen LogP contribution is -2.33. The zero-order valence-electron chi connectivity index (χ0n) is 20.7. The number of aromatic nitrogens is 1. The highest BCUT2D eigenvalue weighted by Crippen LogP contribution is 2.33. The van der Waals surface area contributed by atoms with Crippen LogP contribution in [0.4, 0.5) is 29.5 Å². The Hall–Kier alpha value is -4.02. The van der Waals surface area contributed by atoms with Crippen molar-refractivity contribution in [3.8, 4) is 0 Å². The summed E-state index contributed by atoms with van der Waals surface area (Å²) < 4.78 is 91.2. The molecule has 16 heteroatoms. The molecule has 1 aliphatic heterocycles. The second-order valence-electron chi connectivity index (χ2n) is 8.66. The van der Waals surface area contributed by atoms with Crippen LogP contribution in [0.5, 0.6) is 0 Å². The largest absolute Gasteiger partial charge is 0.501 e. The first-order chi connectivity index (χ1) is 18.7. The Morgan fingerprint density at radius 2 is 1.57 bits per heavy atom. The Morgan fingerprint density at radius 3 is 2.20 bits per heavy atom. The van der Waals surface area contributed by atoms with Crippen LogP contribution in [-0.4, -0.2) is 50.2 Å². The molecule has 1 aromatic heterocycles. The number of amides is 3. The second-order valence-corrected chi connectivity index (χ2v) is 12.1. The van der Waals surface area contributed by atoms with Gasteiger partial charge in [0.2, 0.25) is 0 Å². The molecule has 3 aromatic rings. The van der Waals surface area contributed by atoms with Gasteiger partial charge in [0.25, 0.3) is 15.7 Å². The van der Waals surface area contributed by atoms with Crippen molar-refractivity contribution >= 4 is 43.5 Å². The highest BCUT2D eigenvalue weighted by atomic mass is 32.2. The van der Waals surface area contributed by atoms with Crippen LogP contribution < -0.4 is 14.3 Å². The van der Waals surface area contributed by atoms with E-state index in [0.29, 0.717) is 17.7 Å². The number of hydrogen-bond acceptors (Lipinski definition) is 7. The Bertz CT molecular complexity index is 1630. The maximum absolute atomic E-state index is 13.1. The molecular weight excluding hydrogens is 575 g/mol. The highest BCUT2D eigenvalue weighted by molar-refractivity contribution is 7.92. The molecule has 0 spiro atoms. The Kier molecular flexibility index (Phi) is 7.87. The number of hydrogen-bond donors (Lipinski definition) is 2. The maximum atomic E-state index is 13.1. The molecule has 0 bridgehead atoms. The molecule has 2 N–H and O–H groups in total. The van der Waals surface area contributed by atoms with Crippen molar-refractivity contribution < 1.29 is 39.6 Å². The monoisotopic (exact) mass is 597 g/mol. The number of carbonyl (C=O) groups is 2.